The minimum atomic E-state index is -0.163. The maximum atomic E-state index is 12.3. The normalized spacial score (nSPS) is 10.8. The predicted molar refractivity (Wildman–Crippen MR) is 114 cm³/mol. The summed E-state index contributed by atoms with van der Waals surface area (Å²) >= 11 is 0. The summed E-state index contributed by atoms with van der Waals surface area (Å²) in [4.78, 5) is 12.3. The monoisotopic (exact) mass is 385 g/mol. The number of hydrogen-bond acceptors (Lipinski definition) is 3. The summed E-state index contributed by atoms with van der Waals surface area (Å²) < 4.78 is 7.57. The predicted octanol–water partition coefficient (Wildman–Crippen LogP) is 4.34. The number of amides is 1. The topological polar surface area (TPSA) is 56.2 Å². The zero-order valence-corrected chi connectivity index (χ0v) is 16.6. The van der Waals surface area contributed by atoms with Gasteiger partial charge in [0.15, 0.2) is 6.61 Å². The van der Waals surface area contributed by atoms with E-state index in [-0.39, 0.29) is 12.5 Å². The fourth-order valence-corrected chi connectivity index (χ4v) is 3.40. The van der Waals surface area contributed by atoms with Crippen LogP contribution in [0, 0.1) is 13.8 Å². The van der Waals surface area contributed by atoms with E-state index in [2.05, 4.69) is 10.4 Å². The molecule has 1 N–H and O–H groups in total. The summed E-state index contributed by atoms with van der Waals surface area (Å²) in [6.07, 6.45) is 0. The van der Waals surface area contributed by atoms with Gasteiger partial charge in [-0.15, -0.1) is 0 Å². The van der Waals surface area contributed by atoms with E-state index >= 15 is 0 Å². The molecule has 1 amide bonds. The van der Waals surface area contributed by atoms with Gasteiger partial charge in [0, 0.05) is 17.8 Å². The van der Waals surface area contributed by atoms with Crippen molar-refractivity contribution in [2.45, 2.75) is 20.4 Å². The van der Waals surface area contributed by atoms with Crippen molar-refractivity contribution < 1.29 is 9.53 Å². The molecule has 29 heavy (non-hydrogen) atoms. The first-order valence-corrected chi connectivity index (χ1v) is 9.60. The minimum absolute atomic E-state index is 0.0245. The number of carbonyl (C=O) groups excluding carboxylic acids is 1. The highest BCUT2D eigenvalue weighted by atomic mass is 16.5. The van der Waals surface area contributed by atoms with Crippen molar-refractivity contribution >= 4 is 16.7 Å². The summed E-state index contributed by atoms with van der Waals surface area (Å²) in [7, 11) is 0. The lowest BCUT2D eigenvalue weighted by atomic mass is 10.1. The van der Waals surface area contributed by atoms with Crippen molar-refractivity contribution in [3.8, 4) is 11.4 Å². The van der Waals surface area contributed by atoms with Gasteiger partial charge >= 0.3 is 0 Å². The van der Waals surface area contributed by atoms with Gasteiger partial charge in [-0.3, -0.25) is 4.79 Å². The van der Waals surface area contributed by atoms with Crippen molar-refractivity contribution in [3.63, 3.8) is 0 Å². The van der Waals surface area contributed by atoms with E-state index in [0.717, 1.165) is 33.4 Å². The van der Waals surface area contributed by atoms with Gasteiger partial charge in [0.05, 0.1) is 11.4 Å². The Hall–Kier alpha value is -3.60. The number of nitrogens with zero attached hydrogens (tertiary/aromatic N) is 2. The van der Waals surface area contributed by atoms with Crippen LogP contribution in [0.4, 0.5) is 0 Å². The number of fused-ring (bicyclic) bond motifs is 1. The van der Waals surface area contributed by atoms with Gasteiger partial charge in [0.1, 0.15) is 5.75 Å². The average molecular weight is 385 g/mol. The number of para-hydroxylation sites is 1. The summed E-state index contributed by atoms with van der Waals surface area (Å²) in [6, 6.07) is 23.9. The van der Waals surface area contributed by atoms with Crippen LogP contribution in [0.25, 0.3) is 16.5 Å². The van der Waals surface area contributed by atoms with E-state index in [1.54, 1.807) is 0 Å². The molecule has 0 radical (unpaired) electrons. The second kappa shape index (κ2) is 8.19. The lowest BCUT2D eigenvalue weighted by molar-refractivity contribution is -0.123. The molecule has 1 aromatic heterocycles. The Labute approximate surface area is 169 Å². The molecule has 0 saturated carbocycles. The SMILES string of the molecule is Cc1nn(-c2ccccc2)c(C)c1CNC(=O)COc1ccc2ccccc2c1. The molecule has 1 heterocycles. The molecule has 3 aromatic carbocycles. The maximum Gasteiger partial charge on any atom is 0.258 e. The third-order valence-corrected chi connectivity index (χ3v) is 5.00. The molecule has 0 aliphatic carbocycles. The zero-order valence-electron chi connectivity index (χ0n) is 16.6. The molecular weight excluding hydrogens is 362 g/mol. The summed E-state index contributed by atoms with van der Waals surface area (Å²) in [6.45, 7) is 4.37. The molecule has 0 spiro atoms. The Kier molecular flexibility index (Phi) is 5.29. The van der Waals surface area contributed by atoms with Crippen molar-refractivity contribution in [2.24, 2.45) is 0 Å². The highest BCUT2D eigenvalue weighted by molar-refractivity contribution is 5.84. The van der Waals surface area contributed by atoms with Crippen LogP contribution in [-0.2, 0) is 11.3 Å². The lowest BCUT2D eigenvalue weighted by Crippen LogP contribution is -2.28. The quantitative estimate of drug-likeness (QED) is 0.537. The Balaban J connectivity index is 1.37. The molecule has 4 rings (SSSR count). The molecule has 0 fully saturated rings. The number of aromatic nitrogens is 2. The van der Waals surface area contributed by atoms with E-state index in [1.807, 2.05) is 91.3 Å². The Morgan fingerprint density at radius 1 is 0.966 bits per heavy atom. The first-order chi connectivity index (χ1) is 14.1. The first kappa shape index (κ1) is 18.7. The molecule has 146 valence electrons. The number of rotatable bonds is 6. The standard InChI is InChI=1S/C24H23N3O2/c1-17-23(18(2)27(26-17)21-10-4-3-5-11-21)15-25-24(28)16-29-22-13-12-19-8-6-7-9-20(19)14-22/h3-14H,15-16H2,1-2H3,(H,25,28). The van der Waals surface area contributed by atoms with Gasteiger partial charge in [-0.05, 0) is 48.9 Å². The number of aryl methyl sites for hydroxylation is 1. The van der Waals surface area contributed by atoms with Gasteiger partial charge in [-0.25, -0.2) is 4.68 Å². The van der Waals surface area contributed by atoms with Gasteiger partial charge in [0.2, 0.25) is 0 Å². The van der Waals surface area contributed by atoms with E-state index in [0.29, 0.717) is 12.3 Å². The highest BCUT2D eigenvalue weighted by Crippen LogP contribution is 2.21. The molecule has 0 aliphatic rings. The van der Waals surface area contributed by atoms with Crippen LogP contribution >= 0.6 is 0 Å². The third-order valence-electron chi connectivity index (χ3n) is 5.00. The second-order valence-electron chi connectivity index (χ2n) is 6.97. The van der Waals surface area contributed by atoms with Gasteiger partial charge in [-0.2, -0.15) is 5.10 Å². The number of carbonyl (C=O) groups is 1. The Morgan fingerprint density at radius 2 is 1.69 bits per heavy atom. The minimum Gasteiger partial charge on any atom is -0.484 e. The Morgan fingerprint density at radius 3 is 2.48 bits per heavy atom. The average Bonchev–Trinajstić information content (AvgIpc) is 3.04. The van der Waals surface area contributed by atoms with E-state index in [4.69, 9.17) is 4.74 Å². The largest absolute Gasteiger partial charge is 0.484 e. The van der Waals surface area contributed by atoms with Gasteiger partial charge in [0.25, 0.3) is 5.91 Å². The van der Waals surface area contributed by atoms with Crippen LogP contribution in [0.15, 0.2) is 72.8 Å². The molecule has 0 unspecified atom stereocenters. The number of hydrogen-bond donors (Lipinski definition) is 1. The van der Waals surface area contributed by atoms with Crippen molar-refractivity contribution in [1.82, 2.24) is 15.1 Å². The van der Waals surface area contributed by atoms with Crippen LogP contribution in [0.3, 0.4) is 0 Å². The molecule has 5 nitrogen and oxygen atoms in total. The summed E-state index contributed by atoms with van der Waals surface area (Å²) in [5.41, 5.74) is 3.95. The first-order valence-electron chi connectivity index (χ1n) is 9.60. The summed E-state index contributed by atoms with van der Waals surface area (Å²) in [5, 5.41) is 9.78. The van der Waals surface area contributed by atoms with E-state index < -0.39 is 0 Å². The number of ether oxygens (including phenoxy) is 1. The highest BCUT2D eigenvalue weighted by Gasteiger charge is 2.14. The molecule has 0 atom stereocenters. The molecule has 4 aromatic rings. The summed E-state index contributed by atoms with van der Waals surface area (Å²) in [5.74, 6) is 0.521. The maximum absolute atomic E-state index is 12.3. The van der Waals surface area contributed by atoms with Crippen LogP contribution in [0.2, 0.25) is 0 Å². The van der Waals surface area contributed by atoms with Crippen molar-refractivity contribution in [3.05, 3.63) is 89.7 Å². The van der Waals surface area contributed by atoms with Crippen LogP contribution < -0.4 is 10.1 Å². The van der Waals surface area contributed by atoms with Crippen molar-refractivity contribution in [2.75, 3.05) is 6.61 Å². The number of benzene rings is 3. The fourth-order valence-electron chi connectivity index (χ4n) is 3.40. The fraction of sp³-hybridized carbons (Fsp3) is 0.167. The molecule has 0 aliphatic heterocycles. The number of nitrogens with one attached hydrogen (secondary N) is 1. The van der Waals surface area contributed by atoms with E-state index in [1.165, 1.54) is 0 Å². The van der Waals surface area contributed by atoms with Gasteiger partial charge < -0.3 is 10.1 Å². The van der Waals surface area contributed by atoms with Gasteiger partial charge in [-0.1, -0.05) is 48.5 Å². The lowest BCUT2D eigenvalue weighted by Gasteiger charge is -2.09. The van der Waals surface area contributed by atoms with Crippen molar-refractivity contribution in [1.29, 1.82) is 0 Å². The zero-order chi connectivity index (χ0) is 20.2. The molecule has 0 bridgehead atoms. The van der Waals surface area contributed by atoms with Crippen LogP contribution in [-0.4, -0.2) is 22.3 Å². The Bertz CT molecular complexity index is 1150. The van der Waals surface area contributed by atoms with E-state index in [9.17, 15) is 4.79 Å². The molecular formula is C24H23N3O2. The second-order valence-corrected chi connectivity index (χ2v) is 6.97. The van der Waals surface area contributed by atoms with Crippen LogP contribution in [0.1, 0.15) is 17.0 Å². The van der Waals surface area contributed by atoms with Crippen LogP contribution in [0.5, 0.6) is 5.75 Å². The molecule has 5 heteroatoms. The smallest absolute Gasteiger partial charge is 0.258 e. The third kappa shape index (κ3) is 4.14. The molecule has 0 saturated heterocycles.